The fourth-order valence-electron chi connectivity index (χ4n) is 0.390. The van der Waals surface area contributed by atoms with E-state index in [1.807, 2.05) is 0 Å². The van der Waals surface area contributed by atoms with Crippen molar-refractivity contribution in [3.05, 3.63) is 0 Å². The highest BCUT2D eigenvalue weighted by molar-refractivity contribution is 4.46. The minimum absolute atomic E-state index is 0. The van der Waals surface area contributed by atoms with E-state index in [0.29, 0.717) is 5.92 Å². The summed E-state index contributed by atoms with van der Waals surface area (Å²) < 4.78 is 11.4. The van der Waals surface area contributed by atoms with Crippen molar-refractivity contribution in [2.24, 2.45) is 5.92 Å². The van der Waals surface area contributed by atoms with Crippen molar-refractivity contribution in [3.63, 3.8) is 0 Å². The predicted molar refractivity (Wildman–Crippen MR) is 36.8 cm³/mol. The van der Waals surface area contributed by atoms with Gasteiger partial charge in [-0.15, -0.1) is 0 Å². The van der Waals surface area contributed by atoms with Crippen LogP contribution in [-0.4, -0.2) is 6.67 Å². The maximum absolute atomic E-state index is 11.4. The summed E-state index contributed by atoms with van der Waals surface area (Å²) >= 11 is 0. The summed E-state index contributed by atoms with van der Waals surface area (Å²) in [6.45, 7) is 3.99. The third-order valence-electron chi connectivity index (χ3n) is 1.30. The van der Waals surface area contributed by atoms with Gasteiger partial charge in [-0.3, -0.25) is 4.39 Å². The van der Waals surface area contributed by atoms with E-state index < -0.39 is 0 Å². The van der Waals surface area contributed by atoms with Gasteiger partial charge in [0.25, 0.3) is 0 Å². The molecule has 0 bridgehead atoms. The van der Waals surface area contributed by atoms with Crippen LogP contribution in [0.5, 0.6) is 0 Å². The Morgan fingerprint density at radius 3 is 2.12 bits per heavy atom. The standard InChI is InChI=1S/C6H13F.CH4/c1-3-6(2)4-5-7;/h6H,3-5H2,1-2H3;1H4. The van der Waals surface area contributed by atoms with E-state index in [1.54, 1.807) is 0 Å². The highest BCUT2D eigenvalue weighted by Crippen LogP contribution is 2.04. The molecule has 1 unspecified atom stereocenters. The predicted octanol–water partition coefficient (Wildman–Crippen LogP) is 3.03. The van der Waals surface area contributed by atoms with Crippen LogP contribution in [-0.2, 0) is 0 Å². The monoisotopic (exact) mass is 120 g/mol. The smallest absolute Gasteiger partial charge is 0.0897 e. The molecule has 0 saturated carbocycles. The second kappa shape index (κ2) is 6.93. The van der Waals surface area contributed by atoms with Gasteiger partial charge >= 0.3 is 0 Å². The molecule has 0 aliphatic carbocycles. The van der Waals surface area contributed by atoms with Gasteiger partial charge in [-0.05, 0) is 12.3 Å². The average molecular weight is 120 g/mol. The number of halogens is 1. The molecule has 0 nitrogen and oxygen atoms in total. The molecule has 8 heavy (non-hydrogen) atoms. The second-order valence-electron chi connectivity index (χ2n) is 1.99. The maximum atomic E-state index is 11.4. The van der Waals surface area contributed by atoms with Crippen molar-refractivity contribution in [2.45, 2.75) is 34.1 Å². The molecular formula is C7H17F. The van der Waals surface area contributed by atoms with Gasteiger partial charge in [-0.1, -0.05) is 27.7 Å². The summed E-state index contributed by atoms with van der Waals surface area (Å²) in [5.74, 6) is 0.574. The molecule has 0 saturated heterocycles. The Labute approximate surface area is 52.1 Å². The van der Waals surface area contributed by atoms with Crippen LogP contribution in [0.2, 0.25) is 0 Å². The van der Waals surface area contributed by atoms with Crippen molar-refractivity contribution in [1.29, 1.82) is 0 Å². The number of rotatable bonds is 3. The molecule has 0 spiro atoms. The topological polar surface area (TPSA) is 0 Å². The first-order valence-electron chi connectivity index (χ1n) is 2.87. The number of hydrogen-bond acceptors (Lipinski definition) is 0. The van der Waals surface area contributed by atoms with E-state index in [4.69, 9.17) is 0 Å². The minimum Gasteiger partial charge on any atom is -0.251 e. The molecule has 0 fully saturated rings. The van der Waals surface area contributed by atoms with Gasteiger partial charge in [0.2, 0.25) is 0 Å². The zero-order chi connectivity index (χ0) is 5.70. The molecule has 0 rings (SSSR count). The number of hydrogen-bond donors (Lipinski definition) is 0. The first-order chi connectivity index (χ1) is 3.31. The molecule has 0 aromatic heterocycles. The lowest BCUT2D eigenvalue weighted by Crippen LogP contribution is -1.91. The molecule has 0 aromatic carbocycles. The third kappa shape index (κ3) is 5.93. The summed E-state index contributed by atoms with van der Waals surface area (Å²) in [6.07, 6.45) is 1.83. The normalized spacial score (nSPS) is 12.4. The Hall–Kier alpha value is -0.0700. The Morgan fingerprint density at radius 1 is 1.50 bits per heavy atom. The van der Waals surface area contributed by atoms with Crippen LogP contribution in [0.4, 0.5) is 4.39 Å². The lowest BCUT2D eigenvalue weighted by atomic mass is 10.1. The molecule has 0 aliphatic rings. The summed E-state index contributed by atoms with van der Waals surface area (Å²) in [4.78, 5) is 0. The Morgan fingerprint density at radius 2 is 2.00 bits per heavy atom. The van der Waals surface area contributed by atoms with Crippen molar-refractivity contribution in [2.75, 3.05) is 6.67 Å². The van der Waals surface area contributed by atoms with Gasteiger partial charge in [-0.2, -0.15) is 0 Å². The van der Waals surface area contributed by atoms with E-state index in [0.717, 1.165) is 12.8 Å². The van der Waals surface area contributed by atoms with Crippen molar-refractivity contribution in [3.8, 4) is 0 Å². The highest BCUT2D eigenvalue weighted by Gasteiger charge is 1.94. The second-order valence-corrected chi connectivity index (χ2v) is 1.99. The van der Waals surface area contributed by atoms with E-state index in [9.17, 15) is 4.39 Å². The lowest BCUT2D eigenvalue weighted by Gasteiger charge is -2.00. The first-order valence-corrected chi connectivity index (χ1v) is 2.87. The van der Waals surface area contributed by atoms with Crippen LogP contribution in [0.3, 0.4) is 0 Å². The largest absolute Gasteiger partial charge is 0.251 e. The van der Waals surface area contributed by atoms with Crippen LogP contribution in [0.15, 0.2) is 0 Å². The molecule has 0 aliphatic heterocycles. The van der Waals surface area contributed by atoms with Gasteiger partial charge in [0, 0.05) is 0 Å². The summed E-state index contributed by atoms with van der Waals surface area (Å²) in [6, 6.07) is 0. The molecule has 0 aromatic rings. The van der Waals surface area contributed by atoms with Gasteiger partial charge in [-0.25, -0.2) is 0 Å². The Balaban J connectivity index is 0. The molecule has 0 radical (unpaired) electrons. The van der Waals surface area contributed by atoms with E-state index in [1.165, 1.54) is 0 Å². The van der Waals surface area contributed by atoms with Crippen molar-refractivity contribution < 1.29 is 4.39 Å². The maximum Gasteiger partial charge on any atom is 0.0897 e. The van der Waals surface area contributed by atoms with Crippen LogP contribution in [0, 0.1) is 5.92 Å². The summed E-state index contributed by atoms with van der Waals surface area (Å²) in [5, 5.41) is 0. The first kappa shape index (κ1) is 10.8. The zero-order valence-electron chi connectivity index (χ0n) is 5.08. The van der Waals surface area contributed by atoms with Crippen LogP contribution >= 0.6 is 0 Å². The average Bonchev–Trinajstić information content (AvgIpc) is 1.68. The molecular weight excluding hydrogens is 103 g/mol. The van der Waals surface area contributed by atoms with E-state index >= 15 is 0 Å². The molecule has 52 valence electrons. The fraction of sp³-hybridized carbons (Fsp3) is 1.00. The molecule has 0 amide bonds. The van der Waals surface area contributed by atoms with E-state index in [2.05, 4.69) is 13.8 Å². The molecule has 0 N–H and O–H groups in total. The third-order valence-corrected chi connectivity index (χ3v) is 1.30. The lowest BCUT2D eigenvalue weighted by molar-refractivity contribution is 0.398. The Kier molecular flexibility index (Phi) is 9.38. The fourth-order valence-corrected chi connectivity index (χ4v) is 0.390. The SMILES string of the molecule is C.CCC(C)CCF. The van der Waals surface area contributed by atoms with Gasteiger partial charge in [0.15, 0.2) is 0 Å². The van der Waals surface area contributed by atoms with Crippen molar-refractivity contribution >= 4 is 0 Å². The van der Waals surface area contributed by atoms with Crippen LogP contribution in [0.1, 0.15) is 34.1 Å². The van der Waals surface area contributed by atoms with Crippen LogP contribution in [0.25, 0.3) is 0 Å². The molecule has 0 heterocycles. The van der Waals surface area contributed by atoms with Gasteiger partial charge in [0.1, 0.15) is 0 Å². The van der Waals surface area contributed by atoms with Crippen LogP contribution < -0.4 is 0 Å². The minimum atomic E-state index is -0.158. The highest BCUT2D eigenvalue weighted by atomic mass is 19.1. The summed E-state index contributed by atoms with van der Waals surface area (Å²) in [7, 11) is 0. The summed E-state index contributed by atoms with van der Waals surface area (Å²) in [5.41, 5.74) is 0. The van der Waals surface area contributed by atoms with E-state index in [-0.39, 0.29) is 14.1 Å². The van der Waals surface area contributed by atoms with Crippen molar-refractivity contribution in [1.82, 2.24) is 0 Å². The molecule has 1 atom stereocenters. The Bertz CT molecular complexity index is 35.4. The molecule has 1 heteroatoms. The van der Waals surface area contributed by atoms with Gasteiger partial charge < -0.3 is 0 Å². The quantitative estimate of drug-likeness (QED) is 0.537. The van der Waals surface area contributed by atoms with Gasteiger partial charge in [0.05, 0.1) is 6.67 Å². The zero-order valence-corrected chi connectivity index (χ0v) is 5.08. The number of alkyl halides is 1.